The van der Waals surface area contributed by atoms with Crippen LogP contribution in [0.3, 0.4) is 0 Å². The summed E-state index contributed by atoms with van der Waals surface area (Å²) >= 11 is 12.6. The molecule has 0 aliphatic heterocycles. The number of carbonyl (C=O) groups is 1. The number of aryl methyl sites for hydroxylation is 2. The summed E-state index contributed by atoms with van der Waals surface area (Å²) in [6.07, 6.45) is 0. The molecule has 0 unspecified atom stereocenters. The van der Waals surface area contributed by atoms with Gasteiger partial charge in [-0.15, -0.1) is 0 Å². The van der Waals surface area contributed by atoms with Gasteiger partial charge in [0.1, 0.15) is 0 Å². The second-order valence-corrected chi connectivity index (χ2v) is 8.20. The topological polar surface area (TPSA) is 59.6 Å². The SMILES string of the molecule is CCOc1cc(CNc2cc(Cl)ccc2C)cc(Cl)c1OCC(=O)Nc1cccc(C)c1. The van der Waals surface area contributed by atoms with Crippen molar-refractivity contribution in [2.75, 3.05) is 23.8 Å². The lowest BCUT2D eigenvalue weighted by Crippen LogP contribution is -2.20. The van der Waals surface area contributed by atoms with Crippen LogP contribution in [0, 0.1) is 13.8 Å². The normalized spacial score (nSPS) is 10.5. The van der Waals surface area contributed by atoms with E-state index in [1.807, 2.05) is 69.3 Å². The molecule has 1 amide bonds. The van der Waals surface area contributed by atoms with Gasteiger partial charge in [-0.05, 0) is 73.9 Å². The van der Waals surface area contributed by atoms with Crippen molar-refractivity contribution in [3.63, 3.8) is 0 Å². The fourth-order valence-corrected chi connectivity index (χ4v) is 3.63. The Kier molecular flexibility index (Phi) is 8.26. The fraction of sp³-hybridized carbons (Fsp3) is 0.240. The molecule has 2 N–H and O–H groups in total. The van der Waals surface area contributed by atoms with Crippen LogP contribution in [0.4, 0.5) is 11.4 Å². The van der Waals surface area contributed by atoms with E-state index in [0.29, 0.717) is 40.4 Å². The van der Waals surface area contributed by atoms with Crippen LogP contribution in [0.2, 0.25) is 10.0 Å². The molecule has 0 atom stereocenters. The second kappa shape index (κ2) is 11.1. The van der Waals surface area contributed by atoms with Gasteiger partial charge in [-0.3, -0.25) is 4.79 Å². The van der Waals surface area contributed by atoms with Gasteiger partial charge in [-0.2, -0.15) is 0 Å². The molecule has 5 nitrogen and oxygen atoms in total. The standard InChI is InChI=1S/C25H26Cl2N2O3/c1-4-31-23-12-18(14-28-22-13-19(26)9-8-17(22)3)11-21(27)25(23)32-15-24(30)29-20-7-5-6-16(2)10-20/h5-13,28H,4,14-15H2,1-3H3,(H,29,30). The summed E-state index contributed by atoms with van der Waals surface area (Å²) in [5.74, 6) is 0.551. The molecule has 3 aromatic rings. The van der Waals surface area contributed by atoms with Gasteiger partial charge < -0.3 is 20.1 Å². The summed E-state index contributed by atoms with van der Waals surface area (Å²) in [6, 6.07) is 16.9. The Morgan fingerprint density at radius 2 is 1.81 bits per heavy atom. The van der Waals surface area contributed by atoms with Crippen LogP contribution in [0.1, 0.15) is 23.6 Å². The predicted molar refractivity (Wildman–Crippen MR) is 131 cm³/mol. The largest absolute Gasteiger partial charge is 0.490 e. The Labute approximate surface area is 198 Å². The van der Waals surface area contributed by atoms with Gasteiger partial charge in [0.25, 0.3) is 5.91 Å². The highest BCUT2D eigenvalue weighted by Gasteiger charge is 2.15. The maximum Gasteiger partial charge on any atom is 0.262 e. The van der Waals surface area contributed by atoms with Crippen LogP contribution >= 0.6 is 23.2 Å². The zero-order chi connectivity index (χ0) is 23.1. The van der Waals surface area contributed by atoms with Crippen molar-refractivity contribution in [2.24, 2.45) is 0 Å². The third-order valence-corrected chi connectivity index (χ3v) is 5.22. The number of benzene rings is 3. The molecule has 3 rings (SSSR count). The summed E-state index contributed by atoms with van der Waals surface area (Å²) in [5, 5.41) is 7.22. The molecule has 0 saturated carbocycles. The highest BCUT2D eigenvalue weighted by Crippen LogP contribution is 2.37. The van der Waals surface area contributed by atoms with Gasteiger partial charge in [-0.1, -0.05) is 41.4 Å². The van der Waals surface area contributed by atoms with E-state index in [1.165, 1.54) is 0 Å². The first kappa shape index (κ1) is 23.8. The third-order valence-electron chi connectivity index (χ3n) is 4.70. The van der Waals surface area contributed by atoms with Crippen molar-refractivity contribution >= 4 is 40.5 Å². The average Bonchev–Trinajstić information content (AvgIpc) is 2.74. The van der Waals surface area contributed by atoms with E-state index in [0.717, 1.165) is 22.4 Å². The number of carbonyl (C=O) groups excluding carboxylic acids is 1. The molecule has 0 bridgehead atoms. The molecule has 0 aromatic heterocycles. The molecular formula is C25H26Cl2N2O3. The molecule has 0 fully saturated rings. The van der Waals surface area contributed by atoms with Gasteiger partial charge >= 0.3 is 0 Å². The van der Waals surface area contributed by atoms with Crippen molar-refractivity contribution in [1.82, 2.24) is 0 Å². The first-order valence-corrected chi connectivity index (χ1v) is 11.1. The van der Waals surface area contributed by atoms with Crippen LogP contribution in [0.5, 0.6) is 11.5 Å². The lowest BCUT2D eigenvalue weighted by molar-refractivity contribution is -0.118. The molecule has 168 valence electrons. The van der Waals surface area contributed by atoms with E-state index in [-0.39, 0.29) is 12.5 Å². The summed E-state index contributed by atoms with van der Waals surface area (Å²) < 4.78 is 11.5. The fourth-order valence-electron chi connectivity index (χ4n) is 3.17. The molecular weight excluding hydrogens is 447 g/mol. The average molecular weight is 473 g/mol. The lowest BCUT2D eigenvalue weighted by Gasteiger charge is -2.16. The minimum absolute atomic E-state index is 0.187. The number of hydrogen-bond acceptors (Lipinski definition) is 4. The molecule has 0 aliphatic carbocycles. The van der Waals surface area contributed by atoms with Gasteiger partial charge in [-0.25, -0.2) is 0 Å². The van der Waals surface area contributed by atoms with Crippen molar-refractivity contribution in [1.29, 1.82) is 0 Å². The summed E-state index contributed by atoms with van der Waals surface area (Å²) in [5.41, 5.74) is 4.72. The Bertz CT molecular complexity index is 1100. The van der Waals surface area contributed by atoms with E-state index in [9.17, 15) is 4.79 Å². The maximum atomic E-state index is 12.3. The number of nitrogens with one attached hydrogen (secondary N) is 2. The van der Waals surface area contributed by atoms with Crippen LogP contribution in [-0.4, -0.2) is 19.1 Å². The van der Waals surface area contributed by atoms with E-state index < -0.39 is 0 Å². The van der Waals surface area contributed by atoms with E-state index in [4.69, 9.17) is 32.7 Å². The first-order valence-electron chi connectivity index (χ1n) is 10.3. The summed E-state index contributed by atoms with van der Waals surface area (Å²) in [7, 11) is 0. The van der Waals surface area contributed by atoms with Gasteiger partial charge in [0.15, 0.2) is 18.1 Å². The minimum atomic E-state index is -0.281. The molecule has 0 aliphatic rings. The molecule has 0 saturated heterocycles. The second-order valence-electron chi connectivity index (χ2n) is 7.36. The van der Waals surface area contributed by atoms with Crippen LogP contribution in [-0.2, 0) is 11.3 Å². The highest BCUT2D eigenvalue weighted by atomic mass is 35.5. The molecule has 32 heavy (non-hydrogen) atoms. The van der Waals surface area contributed by atoms with Crippen molar-refractivity contribution < 1.29 is 14.3 Å². The van der Waals surface area contributed by atoms with E-state index in [2.05, 4.69) is 10.6 Å². The van der Waals surface area contributed by atoms with E-state index >= 15 is 0 Å². The van der Waals surface area contributed by atoms with Gasteiger partial charge in [0, 0.05) is 22.9 Å². The zero-order valence-corrected chi connectivity index (χ0v) is 19.8. The van der Waals surface area contributed by atoms with Crippen molar-refractivity contribution in [2.45, 2.75) is 27.3 Å². The third kappa shape index (κ3) is 6.55. The Morgan fingerprint density at radius 1 is 1.00 bits per heavy atom. The minimum Gasteiger partial charge on any atom is -0.490 e. The molecule has 0 radical (unpaired) electrons. The molecule has 7 heteroatoms. The summed E-state index contributed by atoms with van der Waals surface area (Å²) in [6.45, 7) is 6.62. The smallest absolute Gasteiger partial charge is 0.262 e. The molecule has 0 spiro atoms. The van der Waals surface area contributed by atoms with Crippen LogP contribution < -0.4 is 20.1 Å². The number of hydrogen-bond donors (Lipinski definition) is 2. The zero-order valence-electron chi connectivity index (χ0n) is 18.3. The highest BCUT2D eigenvalue weighted by molar-refractivity contribution is 6.32. The monoisotopic (exact) mass is 472 g/mol. The number of anilines is 2. The summed E-state index contributed by atoms with van der Waals surface area (Å²) in [4.78, 5) is 12.3. The van der Waals surface area contributed by atoms with E-state index in [1.54, 1.807) is 6.07 Å². The Morgan fingerprint density at radius 3 is 2.56 bits per heavy atom. The Balaban J connectivity index is 1.69. The van der Waals surface area contributed by atoms with Crippen LogP contribution in [0.15, 0.2) is 54.6 Å². The van der Waals surface area contributed by atoms with Crippen LogP contribution in [0.25, 0.3) is 0 Å². The Hall–Kier alpha value is -2.89. The predicted octanol–water partition coefficient (Wildman–Crippen LogP) is 6.64. The lowest BCUT2D eigenvalue weighted by atomic mass is 10.1. The van der Waals surface area contributed by atoms with Gasteiger partial charge in [0.2, 0.25) is 0 Å². The molecule has 3 aromatic carbocycles. The van der Waals surface area contributed by atoms with Crippen molar-refractivity contribution in [3.05, 3.63) is 81.3 Å². The maximum absolute atomic E-state index is 12.3. The van der Waals surface area contributed by atoms with Crippen molar-refractivity contribution in [3.8, 4) is 11.5 Å². The quantitative estimate of drug-likeness (QED) is 0.366. The number of amides is 1. The molecule has 0 heterocycles. The van der Waals surface area contributed by atoms with Gasteiger partial charge in [0.05, 0.1) is 11.6 Å². The number of ether oxygens (including phenoxy) is 2. The first-order chi connectivity index (χ1) is 15.4. The number of rotatable bonds is 9. The number of halogens is 2.